The molecule has 1 heterocycles. The zero-order valence-electron chi connectivity index (χ0n) is 12.2. The molecule has 0 radical (unpaired) electrons. The zero-order valence-corrected chi connectivity index (χ0v) is 12.2. The van der Waals surface area contributed by atoms with E-state index in [1.807, 2.05) is 19.0 Å². The number of nitrogens with zero attached hydrogens (tertiary/aromatic N) is 3. The molecule has 2 aliphatic carbocycles. The van der Waals surface area contributed by atoms with Crippen molar-refractivity contribution in [3.63, 3.8) is 0 Å². The molecule has 2 saturated carbocycles. The van der Waals surface area contributed by atoms with Gasteiger partial charge in [-0.25, -0.2) is 4.98 Å². The Hall–Kier alpha value is -1.43. The first-order valence-corrected chi connectivity index (χ1v) is 7.55. The third-order valence-electron chi connectivity index (χ3n) is 4.63. The topological polar surface area (TPSA) is 73.9 Å². The number of aromatic nitrogens is 3. The molecule has 1 aromatic rings. The van der Waals surface area contributed by atoms with E-state index in [0.717, 1.165) is 44.3 Å². The van der Waals surface area contributed by atoms with Gasteiger partial charge in [0.1, 0.15) is 5.82 Å². The maximum absolute atomic E-state index is 12.4. The van der Waals surface area contributed by atoms with Crippen molar-refractivity contribution >= 4 is 5.91 Å². The molecule has 0 unspecified atom stereocenters. The molecule has 0 spiro atoms. The van der Waals surface area contributed by atoms with E-state index in [0.29, 0.717) is 23.8 Å². The van der Waals surface area contributed by atoms with Gasteiger partial charge in [0.15, 0.2) is 0 Å². The first-order chi connectivity index (χ1) is 9.69. The summed E-state index contributed by atoms with van der Waals surface area (Å²) in [6, 6.07) is 0.912. The SMILES string of the molecule is CNC1CCC(N(C)C(=O)c2n[nH]c(C3CC3)n2)CC1. The Morgan fingerprint density at radius 1 is 1.25 bits per heavy atom. The van der Waals surface area contributed by atoms with Crippen molar-refractivity contribution in [2.75, 3.05) is 14.1 Å². The van der Waals surface area contributed by atoms with Gasteiger partial charge in [0.05, 0.1) is 0 Å². The highest BCUT2D eigenvalue weighted by atomic mass is 16.2. The quantitative estimate of drug-likeness (QED) is 0.869. The van der Waals surface area contributed by atoms with E-state index in [1.54, 1.807) is 0 Å². The highest BCUT2D eigenvalue weighted by Crippen LogP contribution is 2.37. The summed E-state index contributed by atoms with van der Waals surface area (Å²) in [5.74, 6) is 1.65. The van der Waals surface area contributed by atoms with Gasteiger partial charge >= 0.3 is 0 Å². The van der Waals surface area contributed by atoms with Crippen LogP contribution >= 0.6 is 0 Å². The van der Waals surface area contributed by atoms with Gasteiger partial charge in [-0.15, -0.1) is 5.10 Å². The standard InChI is InChI=1S/C14H23N5O/c1-15-10-5-7-11(8-6-10)19(2)14(20)13-16-12(17-18-13)9-3-4-9/h9-11,15H,3-8H2,1-2H3,(H,16,17,18). The Balaban J connectivity index is 1.60. The minimum atomic E-state index is -0.0546. The Morgan fingerprint density at radius 3 is 2.55 bits per heavy atom. The normalized spacial score (nSPS) is 26.5. The maximum atomic E-state index is 12.4. The van der Waals surface area contributed by atoms with Gasteiger partial charge < -0.3 is 10.2 Å². The molecule has 20 heavy (non-hydrogen) atoms. The van der Waals surface area contributed by atoms with Gasteiger partial charge in [0.25, 0.3) is 5.91 Å². The highest BCUT2D eigenvalue weighted by molar-refractivity contribution is 5.90. The second-order valence-electron chi connectivity index (χ2n) is 6.03. The summed E-state index contributed by atoms with van der Waals surface area (Å²) in [5, 5.41) is 10.3. The van der Waals surface area contributed by atoms with Crippen molar-refractivity contribution in [1.29, 1.82) is 0 Å². The first-order valence-electron chi connectivity index (χ1n) is 7.55. The minimum Gasteiger partial charge on any atom is -0.336 e. The number of amides is 1. The molecular weight excluding hydrogens is 254 g/mol. The molecule has 0 saturated heterocycles. The van der Waals surface area contributed by atoms with Crippen LogP contribution < -0.4 is 5.32 Å². The number of aromatic amines is 1. The van der Waals surface area contributed by atoms with Crippen LogP contribution in [0.4, 0.5) is 0 Å². The molecule has 3 rings (SSSR count). The number of rotatable bonds is 4. The first kappa shape index (κ1) is 13.5. The second-order valence-corrected chi connectivity index (χ2v) is 6.03. The zero-order chi connectivity index (χ0) is 14.1. The average molecular weight is 277 g/mol. The molecule has 0 bridgehead atoms. The van der Waals surface area contributed by atoms with Gasteiger partial charge in [-0.1, -0.05) is 0 Å². The van der Waals surface area contributed by atoms with Crippen LogP contribution in [0.25, 0.3) is 0 Å². The molecule has 110 valence electrons. The monoisotopic (exact) mass is 277 g/mol. The van der Waals surface area contributed by atoms with Crippen LogP contribution in [0.2, 0.25) is 0 Å². The number of carbonyl (C=O) groups excluding carboxylic acids is 1. The summed E-state index contributed by atoms with van der Waals surface area (Å²) in [4.78, 5) is 18.6. The summed E-state index contributed by atoms with van der Waals surface area (Å²) in [5.41, 5.74) is 0. The van der Waals surface area contributed by atoms with Gasteiger partial charge in [-0.3, -0.25) is 9.89 Å². The lowest BCUT2D eigenvalue weighted by Crippen LogP contribution is -2.42. The molecule has 0 atom stereocenters. The van der Waals surface area contributed by atoms with E-state index in [2.05, 4.69) is 20.5 Å². The van der Waals surface area contributed by atoms with Gasteiger partial charge in [-0.2, -0.15) is 0 Å². The lowest BCUT2D eigenvalue weighted by Gasteiger charge is -2.34. The molecular formula is C14H23N5O. The second kappa shape index (κ2) is 5.52. The summed E-state index contributed by atoms with van der Waals surface area (Å²) >= 11 is 0. The minimum absolute atomic E-state index is 0.0546. The van der Waals surface area contributed by atoms with E-state index >= 15 is 0 Å². The number of H-pyrrole nitrogens is 1. The molecule has 1 aromatic heterocycles. The summed E-state index contributed by atoms with van der Waals surface area (Å²) in [6.45, 7) is 0. The van der Waals surface area contributed by atoms with Crippen LogP contribution in [-0.4, -0.2) is 52.2 Å². The molecule has 2 fully saturated rings. The van der Waals surface area contributed by atoms with Crippen molar-refractivity contribution in [2.24, 2.45) is 0 Å². The van der Waals surface area contributed by atoms with E-state index < -0.39 is 0 Å². The van der Waals surface area contributed by atoms with Crippen LogP contribution in [0.3, 0.4) is 0 Å². The van der Waals surface area contributed by atoms with E-state index in [9.17, 15) is 4.79 Å². The third-order valence-corrected chi connectivity index (χ3v) is 4.63. The van der Waals surface area contributed by atoms with Crippen molar-refractivity contribution in [3.8, 4) is 0 Å². The van der Waals surface area contributed by atoms with Crippen LogP contribution in [0.15, 0.2) is 0 Å². The van der Waals surface area contributed by atoms with Crippen molar-refractivity contribution in [1.82, 2.24) is 25.4 Å². The Morgan fingerprint density at radius 2 is 1.95 bits per heavy atom. The van der Waals surface area contributed by atoms with Crippen molar-refractivity contribution < 1.29 is 4.79 Å². The highest BCUT2D eigenvalue weighted by Gasteiger charge is 2.31. The van der Waals surface area contributed by atoms with Crippen LogP contribution in [0, 0.1) is 0 Å². The lowest BCUT2D eigenvalue weighted by molar-refractivity contribution is 0.0673. The maximum Gasteiger partial charge on any atom is 0.293 e. The number of hydrogen-bond donors (Lipinski definition) is 2. The summed E-state index contributed by atoms with van der Waals surface area (Å²) in [7, 11) is 3.88. The molecule has 0 aromatic carbocycles. The fourth-order valence-electron chi connectivity index (χ4n) is 2.98. The van der Waals surface area contributed by atoms with Crippen molar-refractivity contribution in [2.45, 2.75) is 56.5 Å². The van der Waals surface area contributed by atoms with Crippen LogP contribution in [-0.2, 0) is 0 Å². The fraction of sp³-hybridized carbons (Fsp3) is 0.786. The lowest BCUT2D eigenvalue weighted by atomic mass is 9.90. The molecule has 2 aliphatic rings. The van der Waals surface area contributed by atoms with Crippen molar-refractivity contribution in [3.05, 3.63) is 11.6 Å². The number of nitrogens with one attached hydrogen (secondary N) is 2. The largest absolute Gasteiger partial charge is 0.336 e. The Labute approximate surface area is 119 Å². The average Bonchev–Trinajstić information content (AvgIpc) is 3.23. The van der Waals surface area contributed by atoms with E-state index in [1.165, 1.54) is 0 Å². The Kier molecular flexibility index (Phi) is 3.74. The fourth-order valence-corrected chi connectivity index (χ4v) is 2.98. The predicted octanol–water partition coefficient (Wildman–Crippen LogP) is 1.28. The number of hydrogen-bond acceptors (Lipinski definition) is 4. The molecule has 6 nitrogen and oxygen atoms in total. The van der Waals surface area contributed by atoms with Gasteiger partial charge in [0.2, 0.25) is 5.82 Å². The summed E-state index contributed by atoms with van der Waals surface area (Å²) < 4.78 is 0. The van der Waals surface area contributed by atoms with Gasteiger partial charge in [0, 0.05) is 25.0 Å². The molecule has 2 N–H and O–H groups in total. The van der Waals surface area contributed by atoms with E-state index in [4.69, 9.17) is 0 Å². The third kappa shape index (κ3) is 2.70. The molecule has 0 aliphatic heterocycles. The summed E-state index contributed by atoms with van der Waals surface area (Å²) in [6.07, 6.45) is 6.67. The molecule has 1 amide bonds. The predicted molar refractivity (Wildman–Crippen MR) is 75.6 cm³/mol. The molecule has 6 heteroatoms. The van der Waals surface area contributed by atoms with Gasteiger partial charge in [-0.05, 0) is 45.6 Å². The number of carbonyl (C=O) groups is 1. The Bertz CT molecular complexity index is 474. The van der Waals surface area contributed by atoms with Crippen LogP contribution in [0.1, 0.15) is 60.9 Å². The smallest absolute Gasteiger partial charge is 0.293 e. The van der Waals surface area contributed by atoms with E-state index in [-0.39, 0.29) is 5.91 Å². The van der Waals surface area contributed by atoms with Crippen LogP contribution in [0.5, 0.6) is 0 Å².